The molecule has 0 radical (unpaired) electrons. The van der Waals surface area contributed by atoms with Gasteiger partial charge in [0.15, 0.2) is 0 Å². The van der Waals surface area contributed by atoms with E-state index < -0.39 is 5.97 Å². The summed E-state index contributed by atoms with van der Waals surface area (Å²) < 4.78 is 0. The molecule has 0 bridgehead atoms. The fraction of sp³-hybridized carbons (Fsp3) is 0.938. The quantitative estimate of drug-likeness (QED) is 0.521. The Morgan fingerprint density at radius 3 is 1.89 bits per heavy atom. The fourth-order valence-corrected chi connectivity index (χ4v) is 2.22. The highest BCUT2D eigenvalue weighted by molar-refractivity contribution is 5.69. The zero-order valence-electron chi connectivity index (χ0n) is 12.7. The maximum Gasteiger partial charge on any atom is 0.306 e. The minimum atomic E-state index is -0.622. The lowest BCUT2D eigenvalue weighted by molar-refractivity contribution is -0.142. The number of rotatable bonds is 11. The Hall–Kier alpha value is -0.530. The Morgan fingerprint density at radius 2 is 1.44 bits per heavy atom. The molecule has 2 heteroatoms. The normalized spacial score (nSPS) is 14.7. The van der Waals surface area contributed by atoms with Gasteiger partial charge in [-0.1, -0.05) is 66.2 Å². The molecule has 0 aliphatic carbocycles. The minimum absolute atomic E-state index is 0.119. The molecular formula is C16H32O2. The molecule has 1 N–H and O–H groups in total. The third-order valence-electron chi connectivity index (χ3n) is 4.19. The first-order valence-corrected chi connectivity index (χ1v) is 7.71. The number of carboxylic acid groups (broad SMARTS) is 1. The first-order chi connectivity index (χ1) is 8.49. The summed E-state index contributed by atoms with van der Waals surface area (Å²) >= 11 is 0. The van der Waals surface area contributed by atoms with Gasteiger partial charge in [0.1, 0.15) is 0 Å². The van der Waals surface area contributed by atoms with Crippen molar-refractivity contribution in [3.8, 4) is 0 Å². The highest BCUT2D eigenvalue weighted by atomic mass is 16.4. The zero-order valence-corrected chi connectivity index (χ0v) is 12.7. The van der Waals surface area contributed by atoms with E-state index in [1.54, 1.807) is 0 Å². The summed E-state index contributed by atoms with van der Waals surface area (Å²) in [5.74, 6) is 0.890. The van der Waals surface area contributed by atoms with Crippen LogP contribution in [0.3, 0.4) is 0 Å². The van der Waals surface area contributed by atoms with Crippen molar-refractivity contribution in [3.63, 3.8) is 0 Å². The van der Waals surface area contributed by atoms with Gasteiger partial charge >= 0.3 is 5.97 Å². The van der Waals surface area contributed by atoms with Crippen LogP contribution in [0, 0.1) is 17.8 Å². The van der Waals surface area contributed by atoms with E-state index in [9.17, 15) is 4.79 Å². The van der Waals surface area contributed by atoms with Crippen LogP contribution < -0.4 is 0 Å². The van der Waals surface area contributed by atoms with Gasteiger partial charge in [0.25, 0.3) is 0 Å². The van der Waals surface area contributed by atoms with Crippen LogP contribution in [0.25, 0.3) is 0 Å². The topological polar surface area (TPSA) is 37.3 Å². The summed E-state index contributed by atoms with van der Waals surface area (Å²) in [6.45, 7) is 8.89. The Balaban J connectivity index is 3.38. The molecule has 0 aromatic carbocycles. The number of aliphatic carboxylic acids is 1. The molecule has 0 aromatic rings. The first kappa shape index (κ1) is 17.5. The number of carbonyl (C=O) groups is 1. The molecule has 2 nitrogen and oxygen atoms in total. The monoisotopic (exact) mass is 256 g/mol. The van der Waals surface area contributed by atoms with Crippen molar-refractivity contribution in [3.05, 3.63) is 0 Å². The van der Waals surface area contributed by atoms with Crippen molar-refractivity contribution in [2.45, 2.75) is 79.1 Å². The lowest BCUT2D eigenvalue weighted by Gasteiger charge is -2.14. The SMILES string of the molecule is CCC(CCCCCCCC(C)C(C)C)C(=O)O. The third-order valence-corrected chi connectivity index (χ3v) is 4.19. The smallest absolute Gasteiger partial charge is 0.306 e. The molecule has 0 amide bonds. The van der Waals surface area contributed by atoms with Gasteiger partial charge < -0.3 is 5.11 Å². The van der Waals surface area contributed by atoms with Crippen LogP contribution in [0.15, 0.2) is 0 Å². The third kappa shape index (κ3) is 8.54. The predicted molar refractivity (Wildman–Crippen MR) is 77.7 cm³/mol. The highest BCUT2D eigenvalue weighted by Gasteiger charge is 2.13. The molecule has 0 saturated carbocycles. The van der Waals surface area contributed by atoms with Crippen molar-refractivity contribution in [1.29, 1.82) is 0 Å². The average molecular weight is 256 g/mol. The minimum Gasteiger partial charge on any atom is -0.481 e. The Kier molecular flexibility index (Phi) is 10.1. The predicted octanol–water partition coefficient (Wildman–Crippen LogP) is 5.12. The van der Waals surface area contributed by atoms with E-state index >= 15 is 0 Å². The lowest BCUT2D eigenvalue weighted by Crippen LogP contribution is -2.12. The van der Waals surface area contributed by atoms with Crippen molar-refractivity contribution >= 4 is 5.97 Å². The second-order valence-corrected chi connectivity index (χ2v) is 6.01. The molecule has 0 heterocycles. The average Bonchev–Trinajstić information content (AvgIpc) is 2.31. The number of carboxylic acids is 1. The first-order valence-electron chi connectivity index (χ1n) is 7.71. The van der Waals surface area contributed by atoms with Gasteiger partial charge in [0, 0.05) is 0 Å². The Bertz CT molecular complexity index is 211. The second kappa shape index (κ2) is 10.4. The highest BCUT2D eigenvalue weighted by Crippen LogP contribution is 2.19. The molecule has 0 spiro atoms. The van der Waals surface area contributed by atoms with Crippen LogP contribution in [-0.2, 0) is 4.79 Å². The second-order valence-electron chi connectivity index (χ2n) is 6.01. The summed E-state index contributed by atoms with van der Waals surface area (Å²) in [5.41, 5.74) is 0. The van der Waals surface area contributed by atoms with Crippen LogP contribution in [0.4, 0.5) is 0 Å². The molecule has 0 saturated heterocycles. The van der Waals surface area contributed by atoms with Crippen molar-refractivity contribution < 1.29 is 9.90 Å². The maximum atomic E-state index is 10.8. The molecule has 108 valence electrons. The van der Waals surface area contributed by atoms with Crippen LogP contribution in [0.1, 0.15) is 79.1 Å². The summed E-state index contributed by atoms with van der Waals surface area (Å²) in [6.07, 6.45) is 9.13. The van der Waals surface area contributed by atoms with E-state index in [0.717, 1.165) is 31.1 Å². The van der Waals surface area contributed by atoms with Gasteiger partial charge in [-0.2, -0.15) is 0 Å². The maximum absolute atomic E-state index is 10.8. The summed E-state index contributed by atoms with van der Waals surface area (Å²) in [6, 6.07) is 0. The molecule has 0 rings (SSSR count). The molecule has 18 heavy (non-hydrogen) atoms. The van der Waals surface area contributed by atoms with Crippen molar-refractivity contribution in [1.82, 2.24) is 0 Å². The van der Waals surface area contributed by atoms with Gasteiger partial charge in [0.2, 0.25) is 0 Å². The standard InChI is InChI=1S/C16H32O2/c1-5-15(16(17)18)12-10-8-6-7-9-11-14(4)13(2)3/h13-15H,5-12H2,1-4H3,(H,17,18). The molecule has 2 atom stereocenters. The van der Waals surface area contributed by atoms with E-state index in [-0.39, 0.29) is 5.92 Å². The molecular weight excluding hydrogens is 224 g/mol. The molecule has 2 unspecified atom stereocenters. The van der Waals surface area contributed by atoms with Gasteiger partial charge in [-0.15, -0.1) is 0 Å². The van der Waals surface area contributed by atoms with Gasteiger partial charge in [-0.25, -0.2) is 0 Å². The van der Waals surface area contributed by atoms with Crippen molar-refractivity contribution in [2.75, 3.05) is 0 Å². The number of hydrogen-bond donors (Lipinski definition) is 1. The molecule has 0 aromatic heterocycles. The zero-order chi connectivity index (χ0) is 14.0. The van der Waals surface area contributed by atoms with Crippen LogP contribution >= 0.6 is 0 Å². The van der Waals surface area contributed by atoms with E-state index in [2.05, 4.69) is 20.8 Å². The summed E-state index contributed by atoms with van der Waals surface area (Å²) in [7, 11) is 0. The van der Waals surface area contributed by atoms with Gasteiger partial charge in [-0.3, -0.25) is 4.79 Å². The largest absolute Gasteiger partial charge is 0.481 e. The van der Waals surface area contributed by atoms with Gasteiger partial charge in [0.05, 0.1) is 5.92 Å². The summed E-state index contributed by atoms with van der Waals surface area (Å²) in [5, 5.41) is 8.93. The van der Waals surface area contributed by atoms with Gasteiger partial charge in [-0.05, 0) is 24.7 Å². The van der Waals surface area contributed by atoms with Crippen molar-refractivity contribution in [2.24, 2.45) is 17.8 Å². The Labute approximate surface area is 113 Å². The van der Waals surface area contributed by atoms with E-state index in [4.69, 9.17) is 5.11 Å². The van der Waals surface area contributed by atoms with Crippen LogP contribution in [0.5, 0.6) is 0 Å². The molecule has 0 aliphatic rings. The fourth-order valence-electron chi connectivity index (χ4n) is 2.22. The van der Waals surface area contributed by atoms with Crippen LogP contribution in [0.2, 0.25) is 0 Å². The van der Waals surface area contributed by atoms with E-state index in [0.29, 0.717) is 0 Å². The summed E-state index contributed by atoms with van der Waals surface area (Å²) in [4.78, 5) is 10.8. The number of unbranched alkanes of at least 4 members (excludes halogenated alkanes) is 4. The molecule has 0 fully saturated rings. The lowest BCUT2D eigenvalue weighted by atomic mass is 9.92. The number of hydrogen-bond acceptors (Lipinski definition) is 1. The van der Waals surface area contributed by atoms with Crippen LogP contribution in [-0.4, -0.2) is 11.1 Å². The van der Waals surface area contributed by atoms with E-state index in [1.165, 1.54) is 32.1 Å². The molecule has 0 aliphatic heterocycles. The van der Waals surface area contributed by atoms with E-state index in [1.807, 2.05) is 6.92 Å². The Morgan fingerprint density at radius 1 is 0.944 bits per heavy atom.